The maximum atomic E-state index is 13.4. The molecule has 1 aliphatic carbocycles. The minimum absolute atomic E-state index is 0.0681. The summed E-state index contributed by atoms with van der Waals surface area (Å²) in [5.74, 6) is -2.53. The minimum atomic E-state index is -2.53. The average Bonchev–Trinajstić information content (AvgIpc) is 2.89. The van der Waals surface area contributed by atoms with Crippen LogP contribution in [-0.2, 0) is 14.7 Å². The topological polar surface area (TPSA) is 30.5 Å². The van der Waals surface area contributed by atoms with E-state index in [9.17, 15) is 8.78 Å². The molecule has 0 amide bonds. The van der Waals surface area contributed by atoms with Gasteiger partial charge < -0.3 is 14.6 Å². The summed E-state index contributed by atoms with van der Waals surface area (Å²) in [6.45, 7) is 5.10. The number of halogens is 2. The highest BCUT2D eigenvalue weighted by Gasteiger charge is 2.59. The first-order chi connectivity index (χ1) is 9.79. The van der Waals surface area contributed by atoms with Gasteiger partial charge in [0.15, 0.2) is 0 Å². The van der Waals surface area contributed by atoms with Crippen LogP contribution in [0.3, 0.4) is 0 Å². The summed E-state index contributed by atoms with van der Waals surface area (Å²) in [5, 5.41) is 3.25. The lowest BCUT2D eigenvalue weighted by Gasteiger charge is -2.44. The molecule has 0 radical (unpaired) electrons. The minimum Gasteiger partial charge on any atom is -0.404 e. The first kappa shape index (κ1) is 13.5. The van der Waals surface area contributed by atoms with Crippen LogP contribution in [0.2, 0.25) is 0 Å². The lowest BCUT2D eigenvalue weighted by molar-refractivity contribution is -0.120. The molecule has 1 saturated heterocycles. The van der Waals surface area contributed by atoms with Crippen LogP contribution in [0.1, 0.15) is 32.3 Å². The third kappa shape index (κ3) is 2.07. The van der Waals surface area contributed by atoms with E-state index in [1.165, 1.54) is 0 Å². The summed E-state index contributed by atoms with van der Waals surface area (Å²) in [6, 6.07) is 5.89. The maximum Gasteiger partial charge on any atom is 0.494 e. The molecule has 6 heteroatoms. The van der Waals surface area contributed by atoms with Crippen LogP contribution in [0.25, 0.3) is 0 Å². The molecule has 1 spiro atoms. The monoisotopic (exact) mass is 293 g/mol. The molecular weight excluding hydrogens is 275 g/mol. The Bertz CT molecular complexity index is 597. The van der Waals surface area contributed by atoms with Crippen LogP contribution < -0.4 is 10.8 Å². The number of fused-ring (bicyclic) bond motifs is 2. The van der Waals surface area contributed by atoms with Crippen LogP contribution in [0.4, 0.5) is 14.5 Å². The fourth-order valence-corrected chi connectivity index (χ4v) is 3.71. The van der Waals surface area contributed by atoms with E-state index in [-0.39, 0.29) is 18.4 Å². The summed E-state index contributed by atoms with van der Waals surface area (Å²) in [7, 11) is -0.400. The Kier molecular flexibility index (Phi) is 2.57. The number of hydrogen-bond donors (Lipinski definition) is 1. The van der Waals surface area contributed by atoms with Crippen LogP contribution in [0.5, 0.6) is 0 Å². The van der Waals surface area contributed by atoms with E-state index < -0.39 is 18.5 Å². The van der Waals surface area contributed by atoms with Crippen molar-refractivity contribution in [3.8, 4) is 0 Å². The largest absolute Gasteiger partial charge is 0.494 e. The van der Waals surface area contributed by atoms with Crippen LogP contribution in [0.15, 0.2) is 18.2 Å². The molecule has 0 atom stereocenters. The summed E-state index contributed by atoms with van der Waals surface area (Å²) >= 11 is 0. The number of nitrogens with one attached hydrogen (secondary N) is 1. The van der Waals surface area contributed by atoms with Gasteiger partial charge in [-0.25, -0.2) is 8.78 Å². The molecule has 1 aromatic rings. The molecule has 3 nitrogen and oxygen atoms in total. The average molecular weight is 293 g/mol. The van der Waals surface area contributed by atoms with E-state index in [4.69, 9.17) is 9.31 Å². The number of hydrogen-bond acceptors (Lipinski definition) is 3. The third-order valence-electron chi connectivity index (χ3n) is 4.71. The van der Waals surface area contributed by atoms with Crippen molar-refractivity contribution in [2.45, 2.75) is 43.6 Å². The van der Waals surface area contributed by atoms with Gasteiger partial charge >= 0.3 is 7.12 Å². The third-order valence-corrected chi connectivity index (χ3v) is 4.71. The molecule has 21 heavy (non-hydrogen) atoms. The lowest BCUT2D eigenvalue weighted by Crippen LogP contribution is -2.51. The van der Waals surface area contributed by atoms with Crippen LogP contribution >= 0.6 is 0 Å². The summed E-state index contributed by atoms with van der Waals surface area (Å²) in [4.78, 5) is 0. The highest BCUT2D eigenvalue weighted by Crippen LogP contribution is 2.57. The number of rotatable bonds is 1. The van der Waals surface area contributed by atoms with Gasteiger partial charge in [-0.05, 0) is 30.9 Å². The highest BCUT2D eigenvalue weighted by atomic mass is 19.3. The van der Waals surface area contributed by atoms with Crippen molar-refractivity contribution in [3.63, 3.8) is 0 Å². The molecule has 2 aliphatic heterocycles. The fourth-order valence-electron chi connectivity index (χ4n) is 3.71. The fraction of sp³-hybridized carbons (Fsp3) is 0.600. The van der Waals surface area contributed by atoms with E-state index in [1.807, 2.05) is 32.0 Å². The molecule has 2 heterocycles. The second kappa shape index (κ2) is 3.99. The molecule has 0 aromatic heterocycles. The predicted octanol–water partition coefficient (Wildman–Crippen LogP) is 2.30. The van der Waals surface area contributed by atoms with E-state index in [1.54, 1.807) is 0 Å². The van der Waals surface area contributed by atoms with Gasteiger partial charge in [-0.15, -0.1) is 0 Å². The van der Waals surface area contributed by atoms with E-state index >= 15 is 0 Å². The predicted molar refractivity (Wildman–Crippen MR) is 77.3 cm³/mol. The molecule has 1 N–H and O–H groups in total. The maximum absolute atomic E-state index is 13.4. The van der Waals surface area contributed by atoms with Gasteiger partial charge in [0.1, 0.15) is 0 Å². The van der Waals surface area contributed by atoms with E-state index in [0.717, 1.165) is 16.7 Å². The molecule has 2 fully saturated rings. The zero-order valence-electron chi connectivity index (χ0n) is 12.2. The first-order valence-electron chi connectivity index (χ1n) is 7.34. The number of benzene rings is 1. The Morgan fingerprint density at radius 3 is 2.62 bits per heavy atom. The number of anilines is 1. The van der Waals surface area contributed by atoms with Crippen LogP contribution in [-0.4, -0.2) is 31.8 Å². The van der Waals surface area contributed by atoms with Crippen molar-refractivity contribution < 1.29 is 18.1 Å². The van der Waals surface area contributed by atoms with Gasteiger partial charge in [-0.1, -0.05) is 12.1 Å². The Labute approximate surface area is 123 Å². The standard InChI is InChI=1S/C15H18BF2NO2/c1-13(2)9-20-16(21-13)10-3-4-12-11(5-10)14(8-19-12)6-15(17,18)7-14/h3-5,19H,6-9H2,1-2H3. The lowest BCUT2D eigenvalue weighted by atomic mass is 9.62. The molecule has 0 unspecified atom stereocenters. The second-order valence-electron chi connectivity index (χ2n) is 7.17. The Hall–Kier alpha value is -1.14. The SMILES string of the molecule is CC1(C)COB(c2ccc3c(c2)C2(CN3)CC(F)(F)C2)O1. The van der Waals surface area contributed by atoms with Gasteiger partial charge in [0.25, 0.3) is 0 Å². The van der Waals surface area contributed by atoms with E-state index in [0.29, 0.717) is 13.2 Å². The molecule has 1 aromatic carbocycles. The summed E-state index contributed by atoms with van der Waals surface area (Å²) in [6.07, 6.45) is -0.136. The van der Waals surface area contributed by atoms with E-state index in [2.05, 4.69) is 5.32 Å². The van der Waals surface area contributed by atoms with Crippen molar-refractivity contribution in [2.24, 2.45) is 0 Å². The molecular formula is C15H18BF2NO2. The van der Waals surface area contributed by atoms with Crippen molar-refractivity contribution >= 4 is 18.3 Å². The first-order valence-corrected chi connectivity index (χ1v) is 7.34. The summed E-state index contributed by atoms with van der Waals surface area (Å²) in [5.41, 5.74) is 2.15. The Morgan fingerprint density at radius 2 is 2.00 bits per heavy atom. The van der Waals surface area contributed by atoms with Crippen LogP contribution in [0, 0.1) is 0 Å². The number of alkyl halides is 2. The van der Waals surface area contributed by atoms with Crippen molar-refractivity contribution in [2.75, 3.05) is 18.5 Å². The van der Waals surface area contributed by atoms with Crippen molar-refractivity contribution in [1.82, 2.24) is 0 Å². The molecule has 0 bridgehead atoms. The second-order valence-corrected chi connectivity index (χ2v) is 7.17. The van der Waals surface area contributed by atoms with Gasteiger partial charge in [-0.2, -0.15) is 0 Å². The zero-order chi connectivity index (χ0) is 14.9. The molecule has 1 saturated carbocycles. The van der Waals surface area contributed by atoms with Gasteiger partial charge in [0.2, 0.25) is 5.92 Å². The Morgan fingerprint density at radius 1 is 1.24 bits per heavy atom. The summed E-state index contributed by atoms with van der Waals surface area (Å²) < 4.78 is 38.3. The highest BCUT2D eigenvalue weighted by molar-refractivity contribution is 6.62. The zero-order valence-corrected chi connectivity index (χ0v) is 12.2. The van der Waals surface area contributed by atoms with Gasteiger partial charge in [-0.3, -0.25) is 0 Å². The molecule has 3 aliphatic rings. The molecule has 112 valence electrons. The Balaban J connectivity index is 1.64. The molecule has 4 rings (SSSR count). The van der Waals surface area contributed by atoms with Gasteiger partial charge in [0, 0.05) is 30.5 Å². The van der Waals surface area contributed by atoms with Crippen molar-refractivity contribution in [1.29, 1.82) is 0 Å². The van der Waals surface area contributed by atoms with Gasteiger partial charge in [0.05, 0.1) is 12.2 Å². The quantitative estimate of drug-likeness (QED) is 0.806. The normalized spacial score (nSPS) is 27.3. The smallest absolute Gasteiger partial charge is 0.404 e. The van der Waals surface area contributed by atoms with Crippen molar-refractivity contribution in [3.05, 3.63) is 23.8 Å².